The van der Waals surface area contributed by atoms with Gasteiger partial charge in [0.1, 0.15) is 18.2 Å². The number of esters is 1. The van der Waals surface area contributed by atoms with E-state index in [1.165, 1.54) is 7.11 Å². The maximum Gasteiger partial charge on any atom is 0.408 e. The predicted molar refractivity (Wildman–Crippen MR) is 77.6 cm³/mol. The number of carbonyl (C=O) groups excluding carboxylic acids is 3. The van der Waals surface area contributed by atoms with Crippen molar-refractivity contribution in [2.45, 2.75) is 52.7 Å². The van der Waals surface area contributed by atoms with Crippen LogP contribution in [0.15, 0.2) is 0 Å². The molecule has 0 spiro atoms. The van der Waals surface area contributed by atoms with E-state index in [2.05, 4.69) is 15.4 Å². The smallest absolute Gasteiger partial charge is 0.408 e. The summed E-state index contributed by atoms with van der Waals surface area (Å²) in [5, 5.41) is 4.94. The van der Waals surface area contributed by atoms with E-state index in [4.69, 9.17) is 4.74 Å². The largest absolute Gasteiger partial charge is 0.468 e. The highest BCUT2D eigenvalue weighted by atomic mass is 16.6. The molecule has 0 radical (unpaired) electrons. The molecule has 0 bridgehead atoms. The number of alkyl carbamates (subject to hydrolysis) is 1. The van der Waals surface area contributed by atoms with E-state index in [0.29, 0.717) is 6.42 Å². The Morgan fingerprint density at radius 1 is 1.14 bits per heavy atom. The van der Waals surface area contributed by atoms with Crippen molar-refractivity contribution in [2.75, 3.05) is 13.7 Å². The molecule has 0 aromatic rings. The first-order valence-corrected chi connectivity index (χ1v) is 6.89. The number of nitrogens with one attached hydrogen (secondary N) is 2. The van der Waals surface area contributed by atoms with Crippen LogP contribution in [-0.2, 0) is 19.1 Å². The molecule has 122 valence electrons. The zero-order chi connectivity index (χ0) is 16.6. The lowest BCUT2D eigenvalue weighted by Gasteiger charge is -2.24. The summed E-state index contributed by atoms with van der Waals surface area (Å²) < 4.78 is 9.57. The maximum atomic E-state index is 12.0. The van der Waals surface area contributed by atoms with Gasteiger partial charge in [0.05, 0.1) is 7.11 Å². The Balaban J connectivity index is 4.60. The number of amides is 2. The van der Waals surface area contributed by atoms with E-state index in [1.807, 2.05) is 13.8 Å². The quantitative estimate of drug-likeness (QED) is 0.719. The van der Waals surface area contributed by atoms with Gasteiger partial charge in [-0.15, -0.1) is 0 Å². The Labute approximate surface area is 125 Å². The molecule has 0 aliphatic carbocycles. The van der Waals surface area contributed by atoms with Crippen LogP contribution in [0.1, 0.15) is 41.0 Å². The van der Waals surface area contributed by atoms with Crippen LogP contribution in [0.3, 0.4) is 0 Å². The Morgan fingerprint density at radius 3 is 2.14 bits per heavy atom. The van der Waals surface area contributed by atoms with Crippen molar-refractivity contribution in [2.24, 2.45) is 5.92 Å². The first kappa shape index (κ1) is 19.2. The van der Waals surface area contributed by atoms with Crippen molar-refractivity contribution in [3.8, 4) is 0 Å². The van der Waals surface area contributed by atoms with E-state index in [9.17, 15) is 14.4 Å². The molecule has 1 atom stereocenters. The Hall–Kier alpha value is -1.79. The fourth-order valence-electron chi connectivity index (χ4n) is 1.51. The summed E-state index contributed by atoms with van der Waals surface area (Å²) in [7, 11) is 1.24. The lowest BCUT2D eigenvalue weighted by atomic mass is 10.0. The molecule has 0 rings (SSSR count). The summed E-state index contributed by atoms with van der Waals surface area (Å²) in [4.78, 5) is 34.8. The van der Waals surface area contributed by atoms with E-state index in [-0.39, 0.29) is 12.5 Å². The third-order valence-corrected chi connectivity index (χ3v) is 2.35. The first-order chi connectivity index (χ1) is 9.55. The molecule has 0 fully saturated rings. The van der Waals surface area contributed by atoms with Crippen LogP contribution in [-0.4, -0.2) is 43.3 Å². The predicted octanol–water partition coefficient (Wildman–Crippen LogP) is 1.21. The van der Waals surface area contributed by atoms with Crippen molar-refractivity contribution in [3.63, 3.8) is 0 Å². The highest BCUT2D eigenvalue weighted by molar-refractivity contribution is 5.88. The lowest BCUT2D eigenvalue weighted by Crippen LogP contribution is -2.49. The van der Waals surface area contributed by atoms with Gasteiger partial charge in [-0.25, -0.2) is 4.79 Å². The standard InChI is InChI=1S/C14H26N2O5/c1-9(2)7-10(12(18)15-8-11(17)20-6)16-13(19)21-14(3,4)5/h9-10H,7-8H2,1-6H3,(H,15,18)(H,16,19). The zero-order valence-corrected chi connectivity index (χ0v) is 13.6. The van der Waals surface area contributed by atoms with Gasteiger partial charge >= 0.3 is 12.1 Å². The average Bonchev–Trinajstić information content (AvgIpc) is 2.31. The molecule has 2 N–H and O–H groups in total. The molecule has 0 saturated carbocycles. The SMILES string of the molecule is COC(=O)CNC(=O)C(CC(C)C)NC(=O)OC(C)(C)C. The van der Waals surface area contributed by atoms with Crippen LogP contribution in [0.4, 0.5) is 4.79 Å². The fourth-order valence-corrected chi connectivity index (χ4v) is 1.51. The minimum absolute atomic E-state index is 0.189. The van der Waals surface area contributed by atoms with Gasteiger partial charge in [-0.2, -0.15) is 0 Å². The fraction of sp³-hybridized carbons (Fsp3) is 0.786. The molecule has 0 saturated heterocycles. The number of methoxy groups -OCH3 is 1. The summed E-state index contributed by atoms with van der Waals surface area (Å²) in [6.45, 7) is 8.83. The van der Waals surface area contributed by atoms with E-state index < -0.39 is 29.6 Å². The maximum absolute atomic E-state index is 12.0. The van der Waals surface area contributed by atoms with Crippen LogP contribution in [0, 0.1) is 5.92 Å². The number of rotatable bonds is 6. The topological polar surface area (TPSA) is 93.7 Å². The summed E-state index contributed by atoms with van der Waals surface area (Å²) in [5.74, 6) is -0.808. The van der Waals surface area contributed by atoms with Gasteiger partial charge in [-0.05, 0) is 33.1 Å². The second-order valence-electron chi connectivity index (χ2n) is 6.12. The molecule has 0 aromatic heterocycles. The van der Waals surface area contributed by atoms with E-state index in [0.717, 1.165) is 0 Å². The molecule has 7 heteroatoms. The van der Waals surface area contributed by atoms with E-state index in [1.54, 1.807) is 20.8 Å². The van der Waals surface area contributed by atoms with Crippen LogP contribution < -0.4 is 10.6 Å². The van der Waals surface area contributed by atoms with Gasteiger partial charge in [0.15, 0.2) is 0 Å². The molecular weight excluding hydrogens is 276 g/mol. The Morgan fingerprint density at radius 2 is 1.71 bits per heavy atom. The second kappa shape index (κ2) is 8.49. The van der Waals surface area contributed by atoms with Crippen LogP contribution in [0.2, 0.25) is 0 Å². The highest BCUT2D eigenvalue weighted by Gasteiger charge is 2.25. The average molecular weight is 302 g/mol. The van der Waals surface area contributed by atoms with Crippen LogP contribution in [0.25, 0.3) is 0 Å². The molecule has 0 aliphatic rings. The molecule has 1 unspecified atom stereocenters. The Kier molecular flexibility index (Phi) is 7.76. The number of hydrogen-bond acceptors (Lipinski definition) is 5. The monoisotopic (exact) mass is 302 g/mol. The summed E-state index contributed by atoms with van der Waals surface area (Å²) >= 11 is 0. The van der Waals surface area contributed by atoms with Crippen molar-refractivity contribution in [3.05, 3.63) is 0 Å². The van der Waals surface area contributed by atoms with Crippen LogP contribution in [0.5, 0.6) is 0 Å². The molecule has 0 heterocycles. The van der Waals surface area contributed by atoms with Crippen molar-refractivity contribution >= 4 is 18.0 Å². The highest BCUT2D eigenvalue weighted by Crippen LogP contribution is 2.09. The number of carbonyl (C=O) groups is 3. The number of ether oxygens (including phenoxy) is 2. The molecule has 2 amide bonds. The van der Waals surface area contributed by atoms with Gasteiger partial charge in [0.25, 0.3) is 0 Å². The van der Waals surface area contributed by atoms with Crippen molar-refractivity contribution in [1.29, 1.82) is 0 Å². The van der Waals surface area contributed by atoms with Crippen LogP contribution >= 0.6 is 0 Å². The third kappa shape index (κ3) is 9.70. The molecule has 7 nitrogen and oxygen atoms in total. The molecular formula is C14H26N2O5. The summed E-state index contributed by atoms with van der Waals surface area (Å²) in [5.41, 5.74) is -0.644. The van der Waals surface area contributed by atoms with Crippen molar-refractivity contribution < 1.29 is 23.9 Å². The number of hydrogen-bond donors (Lipinski definition) is 2. The summed E-state index contributed by atoms with van der Waals surface area (Å²) in [6.07, 6.45) is -0.229. The minimum atomic E-state index is -0.760. The lowest BCUT2D eigenvalue weighted by molar-refractivity contribution is -0.141. The second-order valence-corrected chi connectivity index (χ2v) is 6.12. The first-order valence-electron chi connectivity index (χ1n) is 6.89. The van der Waals surface area contributed by atoms with Gasteiger partial charge in [-0.1, -0.05) is 13.8 Å². The van der Waals surface area contributed by atoms with Gasteiger partial charge in [-0.3, -0.25) is 9.59 Å². The summed E-state index contributed by atoms with van der Waals surface area (Å²) in [6, 6.07) is -0.760. The van der Waals surface area contributed by atoms with E-state index >= 15 is 0 Å². The van der Waals surface area contributed by atoms with Crippen molar-refractivity contribution in [1.82, 2.24) is 10.6 Å². The normalized spacial score (nSPS) is 12.5. The molecule has 0 aliphatic heterocycles. The minimum Gasteiger partial charge on any atom is -0.468 e. The zero-order valence-electron chi connectivity index (χ0n) is 13.6. The van der Waals surface area contributed by atoms with Gasteiger partial charge in [0, 0.05) is 0 Å². The van der Waals surface area contributed by atoms with Gasteiger partial charge in [0.2, 0.25) is 5.91 Å². The third-order valence-electron chi connectivity index (χ3n) is 2.35. The Bertz CT molecular complexity index is 374. The van der Waals surface area contributed by atoms with Gasteiger partial charge < -0.3 is 20.1 Å². The molecule has 0 aromatic carbocycles. The molecule has 21 heavy (non-hydrogen) atoms.